The highest BCUT2D eigenvalue weighted by Crippen LogP contribution is 2.21. The fourth-order valence-electron chi connectivity index (χ4n) is 1.93. The van der Waals surface area contributed by atoms with Gasteiger partial charge in [0, 0.05) is 32.1 Å². The Morgan fingerprint density at radius 2 is 2.11 bits per heavy atom. The van der Waals surface area contributed by atoms with Gasteiger partial charge in [-0.25, -0.2) is 4.79 Å². The molecule has 0 bridgehead atoms. The molecule has 1 fully saturated rings. The molecule has 6 nitrogen and oxygen atoms in total. The summed E-state index contributed by atoms with van der Waals surface area (Å²) in [5, 5.41) is 11.8. The van der Waals surface area contributed by atoms with Crippen LogP contribution in [0.3, 0.4) is 0 Å². The molecule has 0 unspecified atom stereocenters. The number of carbonyl (C=O) groups is 2. The number of aliphatic carboxylic acids is 1. The standard InChI is InChI=1S/C13H15NO5/c15-11(4-3-10-2-1-7-19-10)14-13(12(16)17)5-8-18-9-6-13/h1-4,7H,5-6,8-9H2,(H,14,15)(H,16,17)/b4-3+. The summed E-state index contributed by atoms with van der Waals surface area (Å²) >= 11 is 0. The Bertz CT molecular complexity index is 471. The van der Waals surface area contributed by atoms with Gasteiger partial charge in [-0.15, -0.1) is 0 Å². The van der Waals surface area contributed by atoms with Gasteiger partial charge in [-0.1, -0.05) is 0 Å². The van der Waals surface area contributed by atoms with Gasteiger partial charge in [0.15, 0.2) is 0 Å². The van der Waals surface area contributed by atoms with Crippen molar-refractivity contribution in [1.29, 1.82) is 0 Å². The van der Waals surface area contributed by atoms with E-state index < -0.39 is 17.4 Å². The molecule has 0 spiro atoms. The Labute approximate surface area is 110 Å². The third-order valence-electron chi connectivity index (χ3n) is 3.06. The monoisotopic (exact) mass is 265 g/mol. The molecule has 1 saturated heterocycles. The molecule has 1 aromatic heterocycles. The van der Waals surface area contributed by atoms with Gasteiger partial charge in [0.05, 0.1) is 6.26 Å². The predicted octanol–water partition coefficient (Wildman–Crippen LogP) is 1.04. The highest BCUT2D eigenvalue weighted by Gasteiger charge is 2.41. The fraction of sp³-hybridized carbons (Fsp3) is 0.385. The Kier molecular flexibility index (Phi) is 4.01. The van der Waals surface area contributed by atoms with E-state index in [4.69, 9.17) is 9.15 Å². The largest absolute Gasteiger partial charge is 0.480 e. The third kappa shape index (κ3) is 3.23. The first-order valence-electron chi connectivity index (χ1n) is 5.97. The number of amides is 1. The summed E-state index contributed by atoms with van der Waals surface area (Å²) in [7, 11) is 0. The van der Waals surface area contributed by atoms with Gasteiger partial charge in [-0.3, -0.25) is 4.79 Å². The molecule has 0 aliphatic carbocycles. The highest BCUT2D eigenvalue weighted by molar-refractivity contribution is 5.95. The van der Waals surface area contributed by atoms with Crippen molar-refractivity contribution in [3.8, 4) is 0 Å². The molecular weight excluding hydrogens is 250 g/mol. The summed E-state index contributed by atoms with van der Waals surface area (Å²) < 4.78 is 10.2. The molecule has 1 aliphatic heterocycles. The van der Waals surface area contributed by atoms with Gasteiger partial charge < -0.3 is 19.6 Å². The van der Waals surface area contributed by atoms with Crippen LogP contribution in [0.1, 0.15) is 18.6 Å². The van der Waals surface area contributed by atoms with Gasteiger partial charge in [0.2, 0.25) is 5.91 Å². The Balaban J connectivity index is 2.01. The zero-order chi connectivity index (χ0) is 13.7. The van der Waals surface area contributed by atoms with Crippen molar-refractivity contribution in [2.45, 2.75) is 18.4 Å². The molecule has 0 saturated carbocycles. The second-order valence-electron chi connectivity index (χ2n) is 4.34. The van der Waals surface area contributed by atoms with Crippen LogP contribution >= 0.6 is 0 Å². The smallest absolute Gasteiger partial charge is 0.329 e. The summed E-state index contributed by atoms with van der Waals surface area (Å²) in [6.07, 6.45) is 4.78. The normalized spacial score (nSPS) is 18.3. The number of carboxylic acids is 1. The quantitative estimate of drug-likeness (QED) is 0.794. The van der Waals surface area contributed by atoms with Crippen LogP contribution in [0, 0.1) is 0 Å². The van der Waals surface area contributed by atoms with Gasteiger partial charge in [0.25, 0.3) is 0 Å². The molecule has 6 heteroatoms. The zero-order valence-corrected chi connectivity index (χ0v) is 10.3. The van der Waals surface area contributed by atoms with Crippen LogP contribution in [0.25, 0.3) is 6.08 Å². The lowest BCUT2D eigenvalue weighted by Gasteiger charge is -2.33. The summed E-state index contributed by atoms with van der Waals surface area (Å²) in [5.41, 5.74) is -1.23. The first kappa shape index (κ1) is 13.4. The lowest BCUT2D eigenvalue weighted by atomic mass is 9.90. The van der Waals surface area contributed by atoms with E-state index in [1.54, 1.807) is 12.1 Å². The predicted molar refractivity (Wildman–Crippen MR) is 66.3 cm³/mol. The lowest BCUT2D eigenvalue weighted by molar-refractivity contribution is -0.151. The van der Waals surface area contributed by atoms with Gasteiger partial charge >= 0.3 is 5.97 Å². The molecule has 2 N–H and O–H groups in total. The van der Waals surface area contributed by atoms with Crippen LogP contribution in [0.15, 0.2) is 28.9 Å². The Hall–Kier alpha value is -2.08. The second kappa shape index (κ2) is 5.71. The van der Waals surface area contributed by atoms with Crippen LogP contribution in [0.5, 0.6) is 0 Å². The second-order valence-corrected chi connectivity index (χ2v) is 4.34. The van der Waals surface area contributed by atoms with Crippen LogP contribution in [-0.2, 0) is 14.3 Å². The van der Waals surface area contributed by atoms with E-state index >= 15 is 0 Å². The summed E-state index contributed by atoms with van der Waals surface area (Å²) in [5.74, 6) is -0.956. The van der Waals surface area contributed by atoms with E-state index in [2.05, 4.69) is 5.32 Å². The minimum absolute atomic E-state index is 0.267. The lowest BCUT2D eigenvalue weighted by Crippen LogP contribution is -2.57. The van der Waals surface area contributed by atoms with Crippen molar-refractivity contribution in [3.63, 3.8) is 0 Å². The van der Waals surface area contributed by atoms with E-state index in [-0.39, 0.29) is 12.8 Å². The fourth-order valence-corrected chi connectivity index (χ4v) is 1.93. The molecule has 1 amide bonds. The number of carbonyl (C=O) groups excluding carboxylic acids is 1. The van der Waals surface area contributed by atoms with Crippen molar-refractivity contribution in [2.24, 2.45) is 0 Å². The maximum absolute atomic E-state index is 11.8. The average molecular weight is 265 g/mol. The van der Waals surface area contributed by atoms with Crippen LogP contribution in [0.2, 0.25) is 0 Å². The molecule has 19 heavy (non-hydrogen) atoms. The molecule has 2 heterocycles. The Morgan fingerprint density at radius 3 is 2.68 bits per heavy atom. The highest BCUT2D eigenvalue weighted by atomic mass is 16.5. The van der Waals surface area contributed by atoms with Crippen LogP contribution < -0.4 is 5.32 Å². The molecule has 2 rings (SSSR count). The summed E-state index contributed by atoms with van der Waals surface area (Å²) in [6, 6.07) is 3.40. The average Bonchev–Trinajstić information content (AvgIpc) is 2.90. The molecule has 1 aromatic rings. The molecule has 102 valence electrons. The van der Waals surface area contributed by atoms with Crippen molar-refractivity contribution < 1.29 is 23.8 Å². The minimum Gasteiger partial charge on any atom is -0.480 e. The van der Waals surface area contributed by atoms with Gasteiger partial charge in [-0.05, 0) is 18.2 Å². The topological polar surface area (TPSA) is 88.8 Å². The minimum atomic E-state index is -1.23. The van der Waals surface area contributed by atoms with Crippen molar-refractivity contribution in [1.82, 2.24) is 5.32 Å². The number of ether oxygens (including phenoxy) is 1. The van der Waals surface area contributed by atoms with Gasteiger partial charge in [0.1, 0.15) is 11.3 Å². The van der Waals surface area contributed by atoms with Crippen molar-refractivity contribution >= 4 is 18.0 Å². The van der Waals surface area contributed by atoms with Crippen molar-refractivity contribution in [3.05, 3.63) is 30.2 Å². The third-order valence-corrected chi connectivity index (χ3v) is 3.06. The summed E-state index contributed by atoms with van der Waals surface area (Å²) in [6.45, 7) is 0.656. The SMILES string of the molecule is O=C(/C=C/c1ccco1)NC1(C(=O)O)CCOCC1. The van der Waals surface area contributed by atoms with E-state index in [9.17, 15) is 14.7 Å². The maximum Gasteiger partial charge on any atom is 0.329 e. The number of hydrogen-bond donors (Lipinski definition) is 2. The number of rotatable bonds is 4. The number of furan rings is 1. The summed E-state index contributed by atoms with van der Waals surface area (Å²) in [4.78, 5) is 23.1. The molecule has 0 atom stereocenters. The molecule has 1 aliphatic rings. The van der Waals surface area contributed by atoms with E-state index in [0.717, 1.165) is 0 Å². The first-order valence-corrected chi connectivity index (χ1v) is 5.97. The molecule has 0 aromatic carbocycles. The van der Waals surface area contributed by atoms with Gasteiger partial charge in [-0.2, -0.15) is 0 Å². The van der Waals surface area contributed by atoms with E-state index in [1.165, 1.54) is 18.4 Å². The Morgan fingerprint density at radius 1 is 1.37 bits per heavy atom. The molecular formula is C13H15NO5. The maximum atomic E-state index is 11.8. The van der Waals surface area contributed by atoms with Crippen LogP contribution in [0.4, 0.5) is 0 Å². The van der Waals surface area contributed by atoms with Crippen molar-refractivity contribution in [2.75, 3.05) is 13.2 Å². The zero-order valence-electron chi connectivity index (χ0n) is 10.3. The van der Waals surface area contributed by atoms with E-state index in [1.807, 2.05) is 0 Å². The number of carboxylic acid groups (broad SMARTS) is 1. The number of hydrogen-bond acceptors (Lipinski definition) is 4. The molecule has 0 radical (unpaired) electrons. The van der Waals surface area contributed by atoms with E-state index in [0.29, 0.717) is 19.0 Å². The first-order chi connectivity index (χ1) is 9.12. The van der Waals surface area contributed by atoms with Crippen LogP contribution in [-0.4, -0.2) is 35.7 Å². The number of nitrogens with one attached hydrogen (secondary N) is 1.